The second kappa shape index (κ2) is 6.72. The highest BCUT2D eigenvalue weighted by Gasteiger charge is 2.30. The van der Waals surface area contributed by atoms with Crippen LogP contribution < -0.4 is 0 Å². The molecule has 0 saturated carbocycles. The van der Waals surface area contributed by atoms with Gasteiger partial charge < -0.3 is 4.98 Å². The number of fused-ring (bicyclic) bond motifs is 1. The zero-order valence-corrected chi connectivity index (χ0v) is 16.1. The number of nitrogens with one attached hydrogen (secondary N) is 1. The van der Waals surface area contributed by atoms with Gasteiger partial charge in [0.25, 0.3) is 0 Å². The molecule has 26 heavy (non-hydrogen) atoms. The van der Waals surface area contributed by atoms with Gasteiger partial charge in [-0.25, -0.2) is 8.42 Å². The molecule has 0 spiro atoms. The Hall–Kier alpha value is -1.82. The zero-order valence-electron chi connectivity index (χ0n) is 14.6. The summed E-state index contributed by atoms with van der Waals surface area (Å²) < 4.78 is 27.3. The van der Waals surface area contributed by atoms with Crippen LogP contribution in [0.4, 0.5) is 0 Å². The average molecular weight is 389 g/mol. The molecular formula is C20H21ClN2O2S. The Morgan fingerprint density at radius 2 is 1.77 bits per heavy atom. The van der Waals surface area contributed by atoms with E-state index in [2.05, 4.69) is 4.98 Å². The van der Waals surface area contributed by atoms with E-state index in [-0.39, 0.29) is 0 Å². The molecule has 1 aliphatic heterocycles. The minimum absolute atomic E-state index is 0.340. The Kier molecular flexibility index (Phi) is 4.55. The molecule has 4 nitrogen and oxygen atoms in total. The van der Waals surface area contributed by atoms with E-state index in [1.165, 1.54) is 5.56 Å². The fourth-order valence-electron chi connectivity index (χ4n) is 3.72. The van der Waals surface area contributed by atoms with Gasteiger partial charge in [0, 0.05) is 35.2 Å². The van der Waals surface area contributed by atoms with Gasteiger partial charge in [0.15, 0.2) is 0 Å². The van der Waals surface area contributed by atoms with Crippen molar-refractivity contribution in [3.05, 3.63) is 64.8 Å². The number of piperidine rings is 1. The van der Waals surface area contributed by atoms with Gasteiger partial charge in [-0.1, -0.05) is 29.3 Å². The van der Waals surface area contributed by atoms with Crippen molar-refractivity contribution in [2.45, 2.75) is 30.6 Å². The molecule has 1 aliphatic rings. The first-order valence-electron chi connectivity index (χ1n) is 8.78. The summed E-state index contributed by atoms with van der Waals surface area (Å²) in [5.41, 5.74) is 3.36. The van der Waals surface area contributed by atoms with E-state index in [1.54, 1.807) is 16.4 Å². The number of H-pyrrole nitrogens is 1. The first kappa shape index (κ1) is 17.6. The molecule has 6 heteroatoms. The largest absolute Gasteiger partial charge is 0.361 e. The topological polar surface area (TPSA) is 53.2 Å². The van der Waals surface area contributed by atoms with Crippen molar-refractivity contribution in [3.8, 4) is 0 Å². The number of benzene rings is 2. The second-order valence-corrected chi connectivity index (χ2v) is 9.30. The Labute approximate surface area is 158 Å². The van der Waals surface area contributed by atoms with Gasteiger partial charge >= 0.3 is 0 Å². The highest BCUT2D eigenvalue weighted by molar-refractivity contribution is 7.89. The molecule has 1 saturated heterocycles. The summed E-state index contributed by atoms with van der Waals surface area (Å²) >= 11 is 6.15. The van der Waals surface area contributed by atoms with Gasteiger partial charge in [-0.05, 0) is 61.6 Å². The smallest absolute Gasteiger partial charge is 0.243 e. The van der Waals surface area contributed by atoms with Gasteiger partial charge in [0.2, 0.25) is 10.0 Å². The van der Waals surface area contributed by atoms with Crippen LogP contribution in [0.25, 0.3) is 10.9 Å². The van der Waals surface area contributed by atoms with Crippen molar-refractivity contribution in [1.82, 2.24) is 9.29 Å². The molecule has 136 valence electrons. The monoisotopic (exact) mass is 388 g/mol. The van der Waals surface area contributed by atoms with Crippen LogP contribution in [0.3, 0.4) is 0 Å². The molecule has 0 unspecified atom stereocenters. The van der Waals surface area contributed by atoms with E-state index in [0.29, 0.717) is 23.9 Å². The van der Waals surface area contributed by atoms with Gasteiger partial charge in [0.1, 0.15) is 0 Å². The van der Waals surface area contributed by atoms with Crippen LogP contribution >= 0.6 is 11.6 Å². The third-order valence-corrected chi connectivity index (χ3v) is 7.38. The van der Waals surface area contributed by atoms with E-state index in [0.717, 1.165) is 34.3 Å². The molecule has 3 aromatic rings. The maximum atomic E-state index is 12.9. The Balaban J connectivity index is 1.53. The van der Waals surface area contributed by atoms with Crippen molar-refractivity contribution in [3.63, 3.8) is 0 Å². The standard InChI is InChI=1S/C20H21ClN2O2S/c1-14-2-5-17(6-3-14)26(24,25)23-10-8-15(9-11-23)19-13-22-20-7-4-16(21)12-18(19)20/h2-7,12-13,15,22H,8-11H2,1H3. The van der Waals surface area contributed by atoms with Crippen molar-refractivity contribution < 1.29 is 8.42 Å². The molecule has 1 fully saturated rings. The number of aromatic amines is 1. The van der Waals surface area contributed by atoms with Gasteiger partial charge in [-0.2, -0.15) is 4.31 Å². The highest BCUT2D eigenvalue weighted by Crippen LogP contribution is 2.35. The number of aromatic nitrogens is 1. The maximum absolute atomic E-state index is 12.9. The third-order valence-electron chi connectivity index (χ3n) is 5.23. The van der Waals surface area contributed by atoms with Crippen molar-refractivity contribution >= 4 is 32.5 Å². The Morgan fingerprint density at radius 3 is 2.46 bits per heavy atom. The molecule has 2 aromatic carbocycles. The van der Waals surface area contributed by atoms with Crippen LogP contribution in [-0.2, 0) is 10.0 Å². The fraction of sp³-hybridized carbons (Fsp3) is 0.300. The summed E-state index contributed by atoms with van der Waals surface area (Å²) in [7, 11) is -3.42. The van der Waals surface area contributed by atoms with E-state index in [1.807, 2.05) is 43.5 Å². The fourth-order valence-corrected chi connectivity index (χ4v) is 5.36. The average Bonchev–Trinajstić information content (AvgIpc) is 3.05. The molecule has 0 radical (unpaired) electrons. The molecule has 1 N–H and O–H groups in total. The number of rotatable bonds is 3. The minimum Gasteiger partial charge on any atom is -0.361 e. The number of hydrogen-bond donors (Lipinski definition) is 1. The summed E-state index contributed by atoms with van der Waals surface area (Å²) in [6, 6.07) is 12.9. The van der Waals surface area contributed by atoms with E-state index in [9.17, 15) is 8.42 Å². The molecule has 1 aromatic heterocycles. The predicted molar refractivity (Wildman–Crippen MR) is 105 cm³/mol. The lowest BCUT2D eigenvalue weighted by atomic mass is 9.90. The van der Waals surface area contributed by atoms with E-state index >= 15 is 0 Å². The van der Waals surface area contributed by atoms with E-state index in [4.69, 9.17) is 11.6 Å². The van der Waals surface area contributed by atoms with Crippen molar-refractivity contribution in [2.75, 3.05) is 13.1 Å². The van der Waals surface area contributed by atoms with Crippen molar-refractivity contribution in [2.24, 2.45) is 0 Å². The van der Waals surface area contributed by atoms with Gasteiger partial charge in [0.05, 0.1) is 4.90 Å². The Morgan fingerprint density at radius 1 is 1.08 bits per heavy atom. The molecule has 2 heterocycles. The number of halogens is 1. The lowest BCUT2D eigenvalue weighted by molar-refractivity contribution is 0.320. The number of aryl methyl sites for hydroxylation is 1. The predicted octanol–water partition coefficient (Wildman–Crippen LogP) is 4.70. The van der Waals surface area contributed by atoms with Gasteiger partial charge in [-0.15, -0.1) is 0 Å². The van der Waals surface area contributed by atoms with Crippen LogP contribution in [0, 0.1) is 6.92 Å². The second-order valence-electron chi connectivity index (χ2n) is 6.93. The summed E-state index contributed by atoms with van der Waals surface area (Å²) in [4.78, 5) is 3.67. The van der Waals surface area contributed by atoms with Gasteiger partial charge in [-0.3, -0.25) is 0 Å². The molecule has 0 amide bonds. The minimum atomic E-state index is -3.42. The molecule has 4 rings (SSSR count). The molecule has 0 atom stereocenters. The lowest BCUT2D eigenvalue weighted by Gasteiger charge is -2.31. The number of nitrogens with zero attached hydrogens (tertiary/aromatic N) is 1. The number of sulfonamides is 1. The van der Waals surface area contributed by atoms with E-state index < -0.39 is 10.0 Å². The third kappa shape index (κ3) is 3.15. The summed E-state index contributed by atoms with van der Waals surface area (Å²) in [5.74, 6) is 0.340. The lowest BCUT2D eigenvalue weighted by Crippen LogP contribution is -2.37. The SMILES string of the molecule is Cc1ccc(S(=O)(=O)N2CCC(c3c[nH]c4ccc(Cl)cc34)CC2)cc1. The molecular weight excluding hydrogens is 368 g/mol. The summed E-state index contributed by atoms with van der Waals surface area (Å²) in [6.45, 7) is 3.03. The first-order chi connectivity index (χ1) is 12.4. The zero-order chi connectivity index (χ0) is 18.3. The van der Waals surface area contributed by atoms with Crippen LogP contribution in [0.2, 0.25) is 5.02 Å². The van der Waals surface area contributed by atoms with Crippen LogP contribution in [0.1, 0.15) is 29.9 Å². The quantitative estimate of drug-likeness (QED) is 0.707. The summed E-state index contributed by atoms with van der Waals surface area (Å²) in [5, 5.41) is 1.86. The summed E-state index contributed by atoms with van der Waals surface area (Å²) in [6.07, 6.45) is 3.66. The highest BCUT2D eigenvalue weighted by atomic mass is 35.5. The first-order valence-corrected chi connectivity index (χ1v) is 10.6. The molecule has 0 aliphatic carbocycles. The molecule has 0 bridgehead atoms. The van der Waals surface area contributed by atoms with Crippen LogP contribution in [-0.4, -0.2) is 30.8 Å². The van der Waals surface area contributed by atoms with Crippen LogP contribution in [0.15, 0.2) is 53.6 Å². The van der Waals surface area contributed by atoms with Crippen molar-refractivity contribution in [1.29, 1.82) is 0 Å². The maximum Gasteiger partial charge on any atom is 0.243 e. The Bertz CT molecular complexity index is 1030. The number of hydrogen-bond acceptors (Lipinski definition) is 2. The normalized spacial score (nSPS) is 17.0. The van der Waals surface area contributed by atoms with Crippen LogP contribution in [0.5, 0.6) is 0 Å².